The minimum Gasteiger partial charge on any atom is -0.341 e. The number of aromatic nitrogens is 4. The molecule has 6 heteroatoms. The fraction of sp³-hybridized carbons (Fsp3) is 0.280. The molecule has 0 spiro atoms. The maximum atomic E-state index is 6.34. The molecule has 4 aromatic rings. The first-order valence-corrected chi connectivity index (χ1v) is 10.5. The predicted molar refractivity (Wildman–Crippen MR) is 126 cm³/mol. The first-order chi connectivity index (χ1) is 14.8. The highest BCUT2D eigenvalue weighted by Crippen LogP contribution is 2.31. The van der Waals surface area contributed by atoms with Gasteiger partial charge in [-0.1, -0.05) is 63.2 Å². The third kappa shape index (κ3) is 4.31. The van der Waals surface area contributed by atoms with Gasteiger partial charge in [0.1, 0.15) is 11.6 Å². The number of H-pyrrole nitrogens is 2. The van der Waals surface area contributed by atoms with Gasteiger partial charge in [-0.15, -0.1) is 0 Å². The zero-order valence-electron chi connectivity index (χ0n) is 18.5. The first kappa shape index (κ1) is 21.0. The van der Waals surface area contributed by atoms with Crippen molar-refractivity contribution >= 4 is 0 Å². The van der Waals surface area contributed by atoms with E-state index in [1.54, 1.807) is 0 Å². The average Bonchev–Trinajstić information content (AvgIpc) is 3.42. The van der Waals surface area contributed by atoms with Gasteiger partial charge in [0.15, 0.2) is 0 Å². The zero-order chi connectivity index (χ0) is 22.2. The van der Waals surface area contributed by atoms with Crippen LogP contribution in [0, 0.1) is 12.3 Å². The van der Waals surface area contributed by atoms with Crippen molar-refractivity contribution in [3.05, 3.63) is 72.1 Å². The number of nitrogens with zero attached hydrogens (tertiary/aromatic N) is 2. The number of aromatic amines is 2. The van der Waals surface area contributed by atoms with Crippen molar-refractivity contribution in [3.8, 4) is 33.6 Å². The van der Waals surface area contributed by atoms with Gasteiger partial charge >= 0.3 is 0 Å². The summed E-state index contributed by atoms with van der Waals surface area (Å²) >= 11 is 0. The lowest BCUT2D eigenvalue weighted by atomic mass is 9.87. The van der Waals surface area contributed by atoms with Gasteiger partial charge in [-0.25, -0.2) is 9.97 Å². The number of nitrogens with two attached hydrogens (primary N) is 2. The molecule has 2 heterocycles. The molecule has 0 aliphatic carbocycles. The lowest BCUT2D eigenvalue weighted by molar-refractivity contribution is 0.317. The Kier molecular flexibility index (Phi) is 5.52. The van der Waals surface area contributed by atoms with Gasteiger partial charge in [-0.3, -0.25) is 0 Å². The number of benzene rings is 2. The summed E-state index contributed by atoms with van der Waals surface area (Å²) in [6, 6.07) is 14.8. The summed E-state index contributed by atoms with van der Waals surface area (Å²) in [4.78, 5) is 15.5. The topological polar surface area (TPSA) is 109 Å². The molecule has 160 valence electrons. The Labute approximate surface area is 183 Å². The molecule has 1 atom stereocenters. The summed E-state index contributed by atoms with van der Waals surface area (Å²) in [7, 11) is 0. The molecule has 31 heavy (non-hydrogen) atoms. The van der Waals surface area contributed by atoms with Crippen molar-refractivity contribution in [1.82, 2.24) is 19.9 Å². The molecular formula is C25H30N6. The molecule has 0 saturated heterocycles. The molecule has 2 aromatic carbocycles. The highest BCUT2D eigenvalue weighted by atomic mass is 15.0. The maximum absolute atomic E-state index is 6.34. The van der Waals surface area contributed by atoms with Crippen LogP contribution in [0.1, 0.15) is 44.0 Å². The van der Waals surface area contributed by atoms with Crippen LogP contribution in [0.4, 0.5) is 0 Å². The van der Waals surface area contributed by atoms with E-state index in [0.717, 1.165) is 39.7 Å². The van der Waals surface area contributed by atoms with Gasteiger partial charge in [0.2, 0.25) is 0 Å². The normalized spacial score (nSPS) is 12.8. The van der Waals surface area contributed by atoms with E-state index < -0.39 is 0 Å². The van der Waals surface area contributed by atoms with Crippen LogP contribution in [0.2, 0.25) is 0 Å². The molecule has 0 bridgehead atoms. The Balaban J connectivity index is 1.56. The third-order valence-electron chi connectivity index (χ3n) is 5.69. The van der Waals surface area contributed by atoms with Crippen LogP contribution < -0.4 is 11.5 Å². The molecule has 0 aliphatic rings. The van der Waals surface area contributed by atoms with E-state index in [9.17, 15) is 0 Å². The van der Waals surface area contributed by atoms with E-state index in [0.29, 0.717) is 6.54 Å². The van der Waals surface area contributed by atoms with Crippen molar-refractivity contribution in [2.45, 2.75) is 40.3 Å². The highest BCUT2D eigenvalue weighted by molar-refractivity contribution is 5.73. The van der Waals surface area contributed by atoms with E-state index in [-0.39, 0.29) is 11.5 Å². The van der Waals surface area contributed by atoms with Gasteiger partial charge in [0.25, 0.3) is 0 Å². The Morgan fingerprint density at radius 1 is 0.871 bits per heavy atom. The molecule has 1 unspecified atom stereocenters. The van der Waals surface area contributed by atoms with Gasteiger partial charge < -0.3 is 21.4 Å². The van der Waals surface area contributed by atoms with E-state index in [1.165, 1.54) is 11.1 Å². The van der Waals surface area contributed by atoms with Crippen LogP contribution in [-0.2, 0) is 6.54 Å². The Hall–Kier alpha value is -3.22. The van der Waals surface area contributed by atoms with Crippen LogP contribution in [0.15, 0.2) is 54.9 Å². The second-order valence-electron chi connectivity index (χ2n) is 9.08. The predicted octanol–water partition coefficient (Wildman–Crippen LogP) is 4.95. The summed E-state index contributed by atoms with van der Waals surface area (Å²) in [6.07, 6.45) is 3.69. The van der Waals surface area contributed by atoms with Crippen LogP contribution in [0.5, 0.6) is 0 Å². The van der Waals surface area contributed by atoms with E-state index in [1.807, 2.05) is 12.4 Å². The monoisotopic (exact) mass is 414 g/mol. The lowest BCUT2D eigenvalue weighted by Gasteiger charge is -2.24. The summed E-state index contributed by atoms with van der Waals surface area (Å²) in [5.41, 5.74) is 19.6. The minimum atomic E-state index is -0.141. The van der Waals surface area contributed by atoms with E-state index in [2.05, 4.69) is 90.1 Å². The minimum absolute atomic E-state index is 0.0505. The first-order valence-electron chi connectivity index (χ1n) is 10.5. The molecule has 6 nitrogen and oxygen atoms in total. The number of aryl methyl sites for hydroxylation is 1. The molecule has 0 radical (unpaired) electrons. The van der Waals surface area contributed by atoms with Crippen LogP contribution in [-0.4, -0.2) is 19.9 Å². The van der Waals surface area contributed by atoms with Gasteiger partial charge in [-0.2, -0.15) is 0 Å². The molecule has 0 fully saturated rings. The Morgan fingerprint density at radius 3 is 2.13 bits per heavy atom. The van der Waals surface area contributed by atoms with Gasteiger partial charge in [0, 0.05) is 5.56 Å². The summed E-state index contributed by atoms with van der Waals surface area (Å²) in [5, 5.41) is 0. The smallest absolute Gasteiger partial charge is 0.124 e. The fourth-order valence-electron chi connectivity index (χ4n) is 3.64. The Bertz CT molecular complexity index is 1180. The highest BCUT2D eigenvalue weighted by Gasteiger charge is 2.24. The standard InChI is InChI=1S/C25H30N6/c1-15-11-18(9-10-19(15)21-14-28-22(12-26)30-21)16-5-7-17(8-6-16)20-13-29-24(31-20)23(27)25(2,3)4/h5-11,13-14,23H,12,26-27H2,1-4H3,(H,28,30)(H,29,31). The van der Waals surface area contributed by atoms with Crippen molar-refractivity contribution < 1.29 is 0 Å². The molecule has 6 N–H and O–H groups in total. The quantitative estimate of drug-likeness (QED) is 0.370. The molecule has 0 saturated carbocycles. The second kappa shape index (κ2) is 8.13. The number of hydrogen-bond donors (Lipinski definition) is 4. The van der Waals surface area contributed by atoms with E-state index in [4.69, 9.17) is 11.5 Å². The molecule has 2 aromatic heterocycles. The van der Waals surface area contributed by atoms with Crippen molar-refractivity contribution in [1.29, 1.82) is 0 Å². The SMILES string of the molecule is Cc1cc(-c2ccc(-c3cnc(C(N)C(C)(C)C)[nH]3)cc2)ccc1-c1cnc(CN)[nH]1. The summed E-state index contributed by atoms with van der Waals surface area (Å²) in [6.45, 7) is 8.87. The molecule has 0 aliphatic heterocycles. The van der Waals surface area contributed by atoms with Crippen LogP contribution >= 0.6 is 0 Å². The van der Waals surface area contributed by atoms with Gasteiger partial charge in [0.05, 0.1) is 36.4 Å². The van der Waals surface area contributed by atoms with E-state index >= 15 is 0 Å². The largest absolute Gasteiger partial charge is 0.341 e. The summed E-state index contributed by atoms with van der Waals surface area (Å²) < 4.78 is 0. The Morgan fingerprint density at radius 2 is 1.52 bits per heavy atom. The zero-order valence-corrected chi connectivity index (χ0v) is 18.5. The van der Waals surface area contributed by atoms with Crippen molar-refractivity contribution in [2.75, 3.05) is 0 Å². The van der Waals surface area contributed by atoms with Crippen molar-refractivity contribution in [3.63, 3.8) is 0 Å². The molecule has 0 amide bonds. The van der Waals surface area contributed by atoms with Crippen LogP contribution in [0.25, 0.3) is 33.6 Å². The lowest BCUT2D eigenvalue weighted by Crippen LogP contribution is -2.27. The second-order valence-corrected chi connectivity index (χ2v) is 9.08. The average molecular weight is 415 g/mol. The van der Waals surface area contributed by atoms with Crippen molar-refractivity contribution in [2.24, 2.45) is 16.9 Å². The summed E-state index contributed by atoms with van der Waals surface area (Å²) in [5.74, 6) is 1.61. The fourth-order valence-corrected chi connectivity index (χ4v) is 3.64. The number of nitrogens with one attached hydrogen (secondary N) is 2. The molecular weight excluding hydrogens is 384 g/mol. The molecule has 4 rings (SSSR count). The number of hydrogen-bond acceptors (Lipinski definition) is 4. The maximum Gasteiger partial charge on any atom is 0.124 e. The number of imidazole rings is 2. The third-order valence-corrected chi connectivity index (χ3v) is 5.69. The van der Waals surface area contributed by atoms with Crippen LogP contribution in [0.3, 0.4) is 0 Å². The number of rotatable bonds is 5. The van der Waals surface area contributed by atoms with Gasteiger partial charge in [-0.05, 0) is 34.6 Å².